The van der Waals surface area contributed by atoms with Gasteiger partial charge < -0.3 is 10.1 Å². The number of hydrogen-bond donors (Lipinski definition) is 1. The molecule has 0 fully saturated rings. The average molecular weight is 295 g/mol. The number of nitro groups is 1. The van der Waals surface area contributed by atoms with Gasteiger partial charge in [0.2, 0.25) is 0 Å². The van der Waals surface area contributed by atoms with Crippen molar-refractivity contribution in [2.75, 3.05) is 4.43 Å². The molecule has 0 spiro atoms. The van der Waals surface area contributed by atoms with Crippen LogP contribution in [0.2, 0.25) is 0 Å². The highest BCUT2D eigenvalue weighted by Crippen LogP contribution is 2.20. The van der Waals surface area contributed by atoms with Gasteiger partial charge in [-0.05, 0) is 11.3 Å². The van der Waals surface area contributed by atoms with Crippen LogP contribution in [0.4, 0.5) is 5.82 Å². The normalized spacial score (nSPS) is 12.8. The Balaban J connectivity index is 2.84. The van der Waals surface area contributed by atoms with Gasteiger partial charge in [0.05, 0.1) is 0 Å². The van der Waals surface area contributed by atoms with Gasteiger partial charge in [0, 0.05) is 10.3 Å². The fourth-order valence-corrected chi connectivity index (χ4v) is 2.04. The van der Waals surface area contributed by atoms with Crippen LogP contribution in [-0.4, -0.2) is 19.3 Å². The van der Waals surface area contributed by atoms with Gasteiger partial charge in [0.1, 0.15) is 6.20 Å². The molecule has 1 atom stereocenters. The largest absolute Gasteiger partial charge is 0.358 e. The number of rotatable bonds is 4. The Labute approximate surface area is 89.2 Å². The molecule has 0 amide bonds. The first kappa shape index (κ1) is 10.4. The van der Waals surface area contributed by atoms with Crippen LogP contribution in [0.15, 0.2) is 6.20 Å². The van der Waals surface area contributed by atoms with Crippen LogP contribution in [0, 0.1) is 10.1 Å². The van der Waals surface area contributed by atoms with Crippen LogP contribution in [0.1, 0.15) is 25.1 Å². The second-order valence-electron chi connectivity index (χ2n) is 2.67. The van der Waals surface area contributed by atoms with Crippen LogP contribution in [0.5, 0.6) is 0 Å². The Hall–Kier alpha value is -0.660. The maximum atomic E-state index is 10.3. The number of hydrogen-bond acceptors (Lipinski definition) is 3. The molecule has 0 aliphatic carbocycles. The summed E-state index contributed by atoms with van der Waals surface area (Å²) in [6.07, 6.45) is 2.21. The van der Waals surface area contributed by atoms with E-state index in [0.717, 1.165) is 10.8 Å². The van der Waals surface area contributed by atoms with E-state index in [1.54, 1.807) is 0 Å². The summed E-state index contributed by atoms with van der Waals surface area (Å²) in [7, 11) is 0. The van der Waals surface area contributed by atoms with E-state index in [9.17, 15) is 10.1 Å². The molecule has 0 saturated carbocycles. The molecule has 13 heavy (non-hydrogen) atoms. The molecule has 6 heteroatoms. The van der Waals surface area contributed by atoms with Gasteiger partial charge in [-0.15, -0.1) is 0 Å². The lowest BCUT2D eigenvalue weighted by atomic mass is 10.1. The fraction of sp³-hybridized carbons (Fsp3) is 0.571. The summed E-state index contributed by atoms with van der Waals surface area (Å²) in [4.78, 5) is 16.6. The number of alkyl halides is 1. The van der Waals surface area contributed by atoms with Crippen molar-refractivity contribution in [3.63, 3.8) is 0 Å². The average Bonchev–Trinajstić information content (AvgIpc) is 2.56. The van der Waals surface area contributed by atoms with Crippen molar-refractivity contribution < 1.29 is 4.92 Å². The van der Waals surface area contributed by atoms with Crippen LogP contribution >= 0.6 is 22.6 Å². The molecule has 72 valence electrons. The van der Waals surface area contributed by atoms with E-state index in [0.29, 0.717) is 5.82 Å². The zero-order chi connectivity index (χ0) is 9.84. The van der Waals surface area contributed by atoms with Crippen molar-refractivity contribution in [2.45, 2.75) is 19.3 Å². The van der Waals surface area contributed by atoms with Gasteiger partial charge in [-0.2, -0.15) is 0 Å². The van der Waals surface area contributed by atoms with Crippen LogP contribution in [-0.2, 0) is 0 Å². The number of H-pyrrole nitrogens is 1. The Morgan fingerprint density at radius 1 is 1.85 bits per heavy atom. The Kier molecular flexibility index (Phi) is 3.64. The molecular formula is C7H10IN3O2. The van der Waals surface area contributed by atoms with Gasteiger partial charge in [0.25, 0.3) is 0 Å². The van der Waals surface area contributed by atoms with Crippen molar-refractivity contribution >= 4 is 28.4 Å². The Bertz CT molecular complexity index is 296. The minimum absolute atomic E-state index is 0.0294. The van der Waals surface area contributed by atoms with E-state index in [2.05, 4.69) is 32.6 Å². The van der Waals surface area contributed by atoms with Crippen LogP contribution in [0.3, 0.4) is 0 Å². The highest BCUT2D eigenvalue weighted by molar-refractivity contribution is 14.1. The molecule has 0 bridgehead atoms. The van der Waals surface area contributed by atoms with Gasteiger partial charge in [-0.1, -0.05) is 29.5 Å². The van der Waals surface area contributed by atoms with E-state index in [1.165, 1.54) is 6.20 Å². The zero-order valence-electron chi connectivity index (χ0n) is 7.16. The van der Waals surface area contributed by atoms with E-state index < -0.39 is 4.92 Å². The lowest BCUT2D eigenvalue weighted by Crippen LogP contribution is -2.00. The summed E-state index contributed by atoms with van der Waals surface area (Å²) in [5, 5.41) is 10.3. The molecule has 1 unspecified atom stereocenters. The predicted molar refractivity (Wildman–Crippen MR) is 57.2 cm³/mol. The molecule has 0 aromatic carbocycles. The molecule has 0 aliphatic heterocycles. The first-order valence-electron chi connectivity index (χ1n) is 3.94. The van der Waals surface area contributed by atoms with Crippen LogP contribution < -0.4 is 0 Å². The van der Waals surface area contributed by atoms with Crippen molar-refractivity contribution in [2.24, 2.45) is 0 Å². The number of nitrogens with one attached hydrogen (secondary N) is 1. The van der Waals surface area contributed by atoms with Crippen LogP contribution in [0.25, 0.3) is 0 Å². The van der Waals surface area contributed by atoms with Gasteiger partial charge in [0.15, 0.2) is 5.82 Å². The summed E-state index contributed by atoms with van der Waals surface area (Å²) in [5.74, 6) is 0.969. The number of nitrogens with zero attached hydrogens (tertiary/aromatic N) is 2. The van der Waals surface area contributed by atoms with E-state index in [1.807, 2.05) is 6.92 Å². The van der Waals surface area contributed by atoms with Gasteiger partial charge in [-0.25, -0.2) is 9.97 Å². The third-order valence-corrected chi connectivity index (χ3v) is 2.91. The maximum Gasteiger partial charge on any atom is 0.340 e. The van der Waals surface area contributed by atoms with Crippen molar-refractivity contribution in [1.29, 1.82) is 0 Å². The monoisotopic (exact) mass is 295 g/mol. The standard InChI is InChI=1S/C7H10IN3O2/c1-2-5(3-8)7-9-4-6(10-7)11(12)13/h4-5H,2-3H2,1H3,(H,9,10). The molecular weight excluding hydrogens is 285 g/mol. The first-order valence-corrected chi connectivity index (χ1v) is 5.46. The SMILES string of the molecule is CCC(CI)c1ncc([N+](=O)[O-])[nH]1. The summed E-state index contributed by atoms with van der Waals surface area (Å²) >= 11 is 2.25. The van der Waals surface area contributed by atoms with Crippen molar-refractivity contribution in [1.82, 2.24) is 9.97 Å². The number of aromatic nitrogens is 2. The summed E-state index contributed by atoms with van der Waals surface area (Å²) < 4.78 is 0.916. The molecule has 0 saturated heterocycles. The van der Waals surface area contributed by atoms with Crippen molar-refractivity contribution in [3.8, 4) is 0 Å². The highest BCUT2D eigenvalue weighted by atomic mass is 127. The molecule has 0 aliphatic rings. The third kappa shape index (κ3) is 2.39. The minimum atomic E-state index is -0.462. The maximum absolute atomic E-state index is 10.3. The Morgan fingerprint density at radius 3 is 2.92 bits per heavy atom. The highest BCUT2D eigenvalue weighted by Gasteiger charge is 2.17. The Morgan fingerprint density at radius 2 is 2.54 bits per heavy atom. The second-order valence-corrected chi connectivity index (χ2v) is 3.55. The molecule has 1 rings (SSSR count). The molecule has 5 nitrogen and oxygen atoms in total. The number of aromatic amines is 1. The lowest BCUT2D eigenvalue weighted by molar-refractivity contribution is -0.389. The summed E-state index contributed by atoms with van der Waals surface area (Å²) in [6, 6.07) is 0. The first-order chi connectivity index (χ1) is 6.19. The summed E-state index contributed by atoms with van der Waals surface area (Å²) in [6.45, 7) is 2.04. The van der Waals surface area contributed by atoms with E-state index in [-0.39, 0.29) is 11.7 Å². The zero-order valence-corrected chi connectivity index (χ0v) is 9.32. The molecule has 0 radical (unpaired) electrons. The molecule has 1 N–H and O–H groups in total. The number of imidazole rings is 1. The van der Waals surface area contributed by atoms with Gasteiger partial charge >= 0.3 is 5.82 Å². The minimum Gasteiger partial charge on any atom is -0.358 e. The predicted octanol–water partition coefficient (Wildman–Crippen LogP) is 2.25. The van der Waals surface area contributed by atoms with Crippen molar-refractivity contribution in [3.05, 3.63) is 22.1 Å². The third-order valence-electron chi connectivity index (χ3n) is 1.84. The van der Waals surface area contributed by atoms with Gasteiger partial charge in [-0.3, -0.25) is 0 Å². The second kappa shape index (κ2) is 4.54. The summed E-state index contributed by atoms with van der Waals surface area (Å²) in [5.41, 5.74) is 0. The smallest absolute Gasteiger partial charge is 0.340 e. The topological polar surface area (TPSA) is 71.8 Å². The number of halogens is 1. The molecule has 1 heterocycles. The fourth-order valence-electron chi connectivity index (χ4n) is 1.00. The molecule has 1 aromatic rings. The quantitative estimate of drug-likeness (QED) is 0.401. The van der Waals surface area contributed by atoms with E-state index >= 15 is 0 Å². The molecule has 1 aromatic heterocycles. The van der Waals surface area contributed by atoms with E-state index in [4.69, 9.17) is 0 Å². The lowest BCUT2D eigenvalue weighted by Gasteiger charge is -2.03.